The fourth-order valence-corrected chi connectivity index (χ4v) is 3.88. The summed E-state index contributed by atoms with van der Waals surface area (Å²) >= 11 is 5.64. The molecular formula is C20H23N5S. The lowest BCUT2D eigenvalue weighted by Gasteiger charge is -2.24. The van der Waals surface area contributed by atoms with E-state index in [9.17, 15) is 0 Å². The van der Waals surface area contributed by atoms with Crippen LogP contribution in [0.5, 0.6) is 0 Å². The molecule has 0 saturated carbocycles. The van der Waals surface area contributed by atoms with Crippen molar-refractivity contribution in [2.24, 2.45) is 7.05 Å². The van der Waals surface area contributed by atoms with Gasteiger partial charge in [-0.05, 0) is 42.3 Å². The van der Waals surface area contributed by atoms with Crippen LogP contribution < -0.4 is 0 Å². The maximum Gasteiger partial charge on any atom is 0.198 e. The lowest BCUT2D eigenvalue weighted by atomic mass is 10.1. The quantitative estimate of drug-likeness (QED) is 0.646. The van der Waals surface area contributed by atoms with E-state index in [0.29, 0.717) is 6.04 Å². The number of pyridine rings is 1. The number of nitrogens with zero attached hydrogens (tertiary/aromatic N) is 5. The third-order valence-corrected chi connectivity index (χ3v) is 5.57. The second-order valence-electron chi connectivity index (χ2n) is 6.82. The lowest BCUT2D eigenvalue weighted by Crippen LogP contribution is -2.27. The minimum atomic E-state index is 0.394. The van der Waals surface area contributed by atoms with E-state index in [4.69, 9.17) is 17.3 Å². The Morgan fingerprint density at radius 1 is 1.15 bits per heavy atom. The minimum absolute atomic E-state index is 0.394. The van der Waals surface area contributed by atoms with Gasteiger partial charge in [-0.2, -0.15) is 5.10 Å². The summed E-state index contributed by atoms with van der Waals surface area (Å²) in [5.41, 5.74) is 2.52. The van der Waals surface area contributed by atoms with Gasteiger partial charge in [0.25, 0.3) is 0 Å². The van der Waals surface area contributed by atoms with Crippen LogP contribution in [0.3, 0.4) is 0 Å². The summed E-state index contributed by atoms with van der Waals surface area (Å²) < 4.78 is 4.76. The molecule has 3 aromatic rings. The van der Waals surface area contributed by atoms with Crippen molar-refractivity contribution >= 4 is 12.2 Å². The van der Waals surface area contributed by atoms with Gasteiger partial charge in [-0.25, -0.2) is 4.68 Å². The Balaban J connectivity index is 1.55. The molecule has 1 unspecified atom stereocenters. The van der Waals surface area contributed by atoms with Gasteiger partial charge in [0.2, 0.25) is 0 Å². The number of aromatic nitrogens is 4. The highest BCUT2D eigenvalue weighted by atomic mass is 32.1. The van der Waals surface area contributed by atoms with Gasteiger partial charge >= 0.3 is 0 Å². The van der Waals surface area contributed by atoms with E-state index in [-0.39, 0.29) is 0 Å². The van der Waals surface area contributed by atoms with Crippen molar-refractivity contribution in [3.05, 3.63) is 76.6 Å². The molecule has 5 nitrogen and oxygen atoms in total. The fourth-order valence-electron chi connectivity index (χ4n) is 3.68. The Hall–Kier alpha value is -2.31. The van der Waals surface area contributed by atoms with Crippen molar-refractivity contribution < 1.29 is 0 Å². The van der Waals surface area contributed by atoms with Gasteiger partial charge in [-0.15, -0.1) is 0 Å². The van der Waals surface area contributed by atoms with Crippen LogP contribution in [0.1, 0.15) is 35.8 Å². The summed E-state index contributed by atoms with van der Waals surface area (Å²) in [5.74, 6) is 0.998. The Kier molecular flexibility index (Phi) is 4.95. The van der Waals surface area contributed by atoms with Crippen molar-refractivity contribution in [2.75, 3.05) is 6.54 Å². The van der Waals surface area contributed by atoms with Crippen LogP contribution in [-0.4, -0.2) is 30.8 Å². The molecule has 2 aromatic heterocycles. The van der Waals surface area contributed by atoms with E-state index in [0.717, 1.165) is 36.7 Å². The normalized spacial score (nSPS) is 17.7. The largest absolute Gasteiger partial charge is 0.307 e. The van der Waals surface area contributed by atoms with Crippen LogP contribution in [0.2, 0.25) is 0 Å². The zero-order valence-electron chi connectivity index (χ0n) is 15.0. The molecular weight excluding hydrogens is 342 g/mol. The lowest BCUT2D eigenvalue weighted by molar-refractivity contribution is 0.189. The second-order valence-corrected chi connectivity index (χ2v) is 7.18. The average molecular weight is 366 g/mol. The molecule has 134 valence electrons. The first-order valence-corrected chi connectivity index (χ1v) is 9.44. The molecule has 0 spiro atoms. The van der Waals surface area contributed by atoms with Gasteiger partial charge in [0.05, 0.1) is 6.67 Å². The molecule has 26 heavy (non-hydrogen) atoms. The van der Waals surface area contributed by atoms with Crippen molar-refractivity contribution in [3.63, 3.8) is 0 Å². The van der Waals surface area contributed by atoms with E-state index in [2.05, 4.69) is 40.2 Å². The SMILES string of the molecule is Cn1c(Cc2ccccc2)nn(CN2CCCC2c2cccnc2)c1=S. The maximum absolute atomic E-state index is 5.64. The van der Waals surface area contributed by atoms with Gasteiger partial charge in [0.15, 0.2) is 4.77 Å². The highest BCUT2D eigenvalue weighted by molar-refractivity contribution is 7.71. The van der Waals surface area contributed by atoms with Crippen molar-refractivity contribution in [1.82, 2.24) is 24.2 Å². The third-order valence-electron chi connectivity index (χ3n) is 5.08. The molecule has 4 rings (SSSR count). The predicted molar refractivity (Wildman–Crippen MR) is 104 cm³/mol. The molecule has 1 atom stereocenters. The summed E-state index contributed by atoms with van der Waals surface area (Å²) in [4.78, 5) is 6.73. The summed E-state index contributed by atoms with van der Waals surface area (Å²) in [6.07, 6.45) is 6.94. The fraction of sp³-hybridized carbons (Fsp3) is 0.350. The van der Waals surface area contributed by atoms with E-state index in [1.165, 1.54) is 17.5 Å². The molecule has 0 bridgehead atoms. The smallest absolute Gasteiger partial charge is 0.198 e. The number of likely N-dealkylation sites (tertiary alicyclic amines) is 1. The van der Waals surface area contributed by atoms with E-state index >= 15 is 0 Å². The summed E-state index contributed by atoms with van der Waals surface area (Å²) in [7, 11) is 2.01. The van der Waals surface area contributed by atoms with Crippen molar-refractivity contribution in [1.29, 1.82) is 0 Å². The van der Waals surface area contributed by atoms with Gasteiger partial charge in [0, 0.05) is 38.4 Å². The number of rotatable bonds is 5. The van der Waals surface area contributed by atoms with E-state index in [1.807, 2.05) is 40.8 Å². The Morgan fingerprint density at radius 2 is 2.00 bits per heavy atom. The number of hydrogen-bond acceptors (Lipinski definition) is 4. The van der Waals surface area contributed by atoms with Gasteiger partial charge < -0.3 is 4.57 Å². The summed E-state index contributed by atoms with van der Waals surface area (Å²) in [5, 5.41) is 4.81. The molecule has 0 amide bonds. The molecule has 3 heterocycles. The number of benzene rings is 1. The van der Waals surface area contributed by atoms with Crippen LogP contribution in [0.15, 0.2) is 54.9 Å². The van der Waals surface area contributed by atoms with Gasteiger partial charge in [-0.1, -0.05) is 36.4 Å². The maximum atomic E-state index is 5.64. The standard InChI is InChI=1S/C20H23N5S/c1-23-19(13-16-7-3-2-4-8-16)22-25(20(23)26)15-24-12-6-10-18(24)17-9-5-11-21-14-17/h2-5,7-9,11,14,18H,6,10,12-13,15H2,1H3. The van der Waals surface area contributed by atoms with Crippen LogP contribution in [0, 0.1) is 4.77 Å². The molecule has 6 heteroatoms. The molecule has 1 saturated heterocycles. The first-order valence-electron chi connectivity index (χ1n) is 9.03. The second kappa shape index (κ2) is 7.51. The van der Waals surface area contributed by atoms with Crippen LogP contribution in [0.4, 0.5) is 0 Å². The number of hydrogen-bond donors (Lipinski definition) is 0. The predicted octanol–water partition coefficient (Wildman–Crippen LogP) is 3.73. The van der Waals surface area contributed by atoms with Crippen molar-refractivity contribution in [2.45, 2.75) is 32.0 Å². The van der Waals surface area contributed by atoms with E-state index < -0.39 is 0 Å². The Bertz CT molecular complexity index is 916. The Labute approximate surface area is 158 Å². The molecule has 0 aliphatic carbocycles. The van der Waals surface area contributed by atoms with E-state index in [1.54, 1.807) is 0 Å². The highest BCUT2D eigenvalue weighted by Gasteiger charge is 2.27. The molecule has 1 aromatic carbocycles. The summed E-state index contributed by atoms with van der Waals surface area (Å²) in [6, 6.07) is 15.0. The average Bonchev–Trinajstić information content (AvgIpc) is 3.24. The topological polar surface area (TPSA) is 38.9 Å². The summed E-state index contributed by atoms with van der Waals surface area (Å²) in [6.45, 7) is 1.78. The zero-order chi connectivity index (χ0) is 17.9. The van der Waals surface area contributed by atoms with Gasteiger partial charge in [0.1, 0.15) is 5.82 Å². The molecule has 0 N–H and O–H groups in total. The van der Waals surface area contributed by atoms with Crippen LogP contribution in [-0.2, 0) is 20.1 Å². The first-order chi connectivity index (χ1) is 12.7. The minimum Gasteiger partial charge on any atom is -0.307 e. The zero-order valence-corrected chi connectivity index (χ0v) is 15.8. The molecule has 1 aliphatic rings. The third kappa shape index (κ3) is 3.48. The highest BCUT2D eigenvalue weighted by Crippen LogP contribution is 2.31. The van der Waals surface area contributed by atoms with Gasteiger partial charge in [-0.3, -0.25) is 9.88 Å². The molecule has 1 fully saturated rings. The monoisotopic (exact) mass is 365 g/mol. The van der Waals surface area contributed by atoms with Crippen LogP contribution >= 0.6 is 12.2 Å². The molecule has 1 aliphatic heterocycles. The Morgan fingerprint density at radius 3 is 2.77 bits per heavy atom. The first kappa shape index (κ1) is 17.1. The van der Waals surface area contributed by atoms with Crippen LogP contribution in [0.25, 0.3) is 0 Å². The van der Waals surface area contributed by atoms with Crippen molar-refractivity contribution in [3.8, 4) is 0 Å². The molecule has 0 radical (unpaired) electrons.